The molecule has 1 atom stereocenters. The first kappa shape index (κ1) is 11.1. The zero-order valence-corrected chi connectivity index (χ0v) is 9.86. The highest BCUT2D eigenvalue weighted by atomic mass is 16.2. The van der Waals surface area contributed by atoms with Crippen LogP contribution in [0.3, 0.4) is 0 Å². The van der Waals surface area contributed by atoms with Gasteiger partial charge in [-0.3, -0.25) is 4.79 Å². The molecule has 1 aromatic rings. The quantitative estimate of drug-likeness (QED) is 0.824. The van der Waals surface area contributed by atoms with Gasteiger partial charge in [0.1, 0.15) is 0 Å². The van der Waals surface area contributed by atoms with Crippen LogP contribution in [-0.4, -0.2) is 19.5 Å². The third-order valence-corrected chi connectivity index (χ3v) is 3.12. The number of fused-ring (bicyclic) bond motifs is 1. The van der Waals surface area contributed by atoms with Crippen LogP contribution in [0.15, 0.2) is 24.3 Å². The van der Waals surface area contributed by atoms with Gasteiger partial charge in [-0.1, -0.05) is 31.5 Å². The predicted octanol–water partition coefficient (Wildman–Crippen LogP) is 2.09. The van der Waals surface area contributed by atoms with Crippen LogP contribution < -0.4 is 10.2 Å². The molecule has 1 amide bonds. The van der Waals surface area contributed by atoms with E-state index in [0.717, 1.165) is 18.5 Å². The van der Waals surface area contributed by atoms with Crippen molar-refractivity contribution >= 4 is 11.6 Å². The normalized spacial score (nSPS) is 20.5. The van der Waals surface area contributed by atoms with Gasteiger partial charge in [0.25, 0.3) is 0 Å². The second kappa shape index (κ2) is 4.66. The number of carbonyl (C=O) groups excluding carboxylic acids is 1. The number of hydrogen-bond donors (Lipinski definition) is 1. The highest BCUT2D eigenvalue weighted by molar-refractivity contribution is 5.95. The molecule has 1 aromatic carbocycles. The topological polar surface area (TPSA) is 32.3 Å². The molecule has 0 spiro atoms. The van der Waals surface area contributed by atoms with E-state index in [4.69, 9.17) is 0 Å². The van der Waals surface area contributed by atoms with Crippen molar-refractivity contribution in [2.24, 2.45) is 0 Å². The minimum Gasteiger partial charge on any atom is -0.314 e. The van der Waals surface area contributed by atoms with E-state index >= 15 is 0 Å². The van der Waals surface area contributed by atoms with Crippen LogP contribution in [0.1, 0.15) is 31.4 Å². The van der Waals surface area contributed by atoms with Crippen molar-refractivity contribution in [2.45, 2.75) is 25.8 Å². The van der Waals surface area contributed by atoms with Crippen LogP contribution >= 0.6 is 0 Å². The number of anilines is 1. The van der Waals surface area contributed by atoms with Gasteiger partial charge in [-0.2, -0.15) is 0 Å². The molecule has 1 aliphatic rings. The molecule has 3 heteroatoms. The van der Waals surface area contributed by atoms with Gasteiger partial charge in [-0.05, 0) is 18.1 Å². The van der Waals surface area contributed by atoms with Gasteiger partial charge in [0, 0.05) is 18.8 Å². The van der Waals surface area contributed by atoms with Crippen molar-refractivity contribution in [2.75, 3.05) is 18.5 Å². The molecule has 1 heterocycles. The lowest BCUT2D eigenvalue weighted by molar-refractivity contribution is -0.117. The number of nitrogens with one attached hydrogen (secondary N) is 1. The van der Waals surface area contributed by atoms with Crippen molar-refractivity contribution in [1.82, 2.24) is 5.32 Å². The molecular weight excluding hydrogens is 200 g/mol. The second-order valence-electron chi connectivity index (χ2n) is 4.23. The summed E-state index contributed by atoms with van der Waals surface area (Å²) in [6.45, 7) is 2.59. The van der Waals surface area contributed by atoms with E-state index in [1.807, 2.05) is 25.2 Å². The average molecular weight is 218 g/mol. The Morgan fingerprint density at radius 2 is 2.19 bits per heavy atom. The molecule has 0 aliphatic carbocycles. The van der Waals surface area contributed by atoms with Gasteiger partial charge in [-0.15, -0.1) is 0 Å². The summed E-state index contributed by atoms with van der Waals surface area (Å²) in [5.41, 5.74) is 2.27. The molecule has 0 fully saturated rings. The van der Waals surface area contributed by atoms with Gasteiger partial charge in [0.05, 0.1) is 6.54 Å². The van der Waals surface area contributed by atoms with Gasteiger partial charge < -0.3 is 10.2 Å². The Morgan fingerprint density at radius 3 is 2.94 bits per heavy atom. The number of benzene rings is 1. The number of rotatable bonds is 2. The SMILES string of the molecule is CCCC1NCC(=O)N(C)c2ccccc21. The fourth-order valence-corrected chi connectivity index (χ4v) is 2.21. The predicted molar refractivity (Wildman–Crippen MR) is 65.5 cm³/mol. The van der Waals surface area contributed by atoms with E-state index in [-0.39, 0.29) is 5.91 Å². The molecule has 3 nitrogen and oxygen atoms in total. The number of likely N-dealkylation sites (N-methyl/N-ethyl adjacent to an activating group) is 1. The Bertz CT molecular complexity index is 389. The third-order valence-electron chi connectivity index (χ3n) is 3.12. The maximum Gasteiger partial charge on any atom is 0.240 e. The van der Waals surface area contributed by atoms with E-state index in [9.17, 15) is 4.79 Å². The summed E-state index contributed by atoms with van der Waals surface area (Å²) in [5.74, 6) is 0.131. The first-order valence-corrected chi connectivity index (χ1v) is 5.83. The molecule has 0 saturated carbocycles. The lowest BCUT2D eigenvalue weighted by atomic mass is 10.0. The molecule has 0 saturated heterocycles. The number of amides is 1. The summed E-state index contributed by atoms with van der Waals surface area (Å²) in [6.07, 6.45) is 2.18. The number of para-hydroxylation sites is 1. The van der Waals surface area contributed by atoms with Gasteiger partial charge in [-0.25, -0.2) is 0 Å². The summed E-state index contributed by atoms with van der Waals surface area (Å²) < 4.78 is 0. The fourth-order valence-electron chi connectivity index (χ4n) is 2.21. The maximum atomic E-state index is 11.8. The lowest BCUT2D eigenvalue weighted by Crippen LogP contribution is -2.33. The van der Waals surface area contributed by atoms with Crippen molar-refractivity contribution in [3.8, 4) is 0 Å². The van der Waals surface area contributed by atoms with Crippen LogP contribution in [0.4, 0.5) is 5.69 Å². The Morgan fingerprint density at radius 1 is 1.44 bits per heavy atom. The van der Waals surface area contributed by atoms with E-state index in [0.29, 0.717) is 12.6 Å². The Labute approximate surface area is 96.5 Å². The van der Waals surface area contributed by atoms with Crippen molar-refractivity contribution in [1.29, 1.82) is 0 Å². The van der Waals surface area contributed by atoms with Gasteiger partial charge in [0.15, 0.2) is 0 Å². The Balaban J connectivity index is 2.41. The zero-order valence-electron chi connectivity index (χ0n) is 9.86. The molecule has 1 aliphatic heterocycles. The van der Waals surface area contributed by atoms with Crippen molar-refractivity contribution in [3.05, 3.63) is 29.8 Å². The fraction of sp³-hybridized carbons (Fsp3) is 0.462. The minimum atomic E-state index is 0.131. The summed E-state index contributed by atoms with van der Waals surface area (Å²) >= 11 is 0. The molecule has 2 rings (SSSR count). The van der Waals surface area contributed by atoms with Crippen LogP contribution in [-0.2, 0) is 4.79 Å². The number of hydrogen-bond acceptors (Lipinski definition) is 2. The van der Waals surface area contributed by atoms with Crippen molar-refractivity contribution < 1.29 is 4.79 Å². The van der Waals surface area contributed by atoms with Gasteiger partial charge in [0.2, 0.25) is 5.91 Å². The lowest BCUT2D eigenvalue weighted by Gasteiger charge is -2.19. The molecule has 0 bridgehead atoms. The second-order valence-corrected chi connectivity index (χ2v) is 4.23. The minimum absolute atomic E-state index is 0.131. The molecule has 0 aromatic heterocycles. The highest BCUT2D eigenvalue weighted by Gasteiger charge is 2.23. The number of nitrogens with zero attached hydrogens (tertiary/aromatic N) is 1. The molecule has 16 heavy (non-hydrogen) atoms. The van der Waals surface area contributed by atoms with Crippen LogP contribution in [0.5, 0.6) is 0 Å². The molecule has 1 N–H and O–H groups in total. The molecule has 1 unspecified atom stereocenters. The monoisotopic (exact) mass is 218 g/mol. The Hall–Kier alpha value is -1.35. The number of carbonyl (C=O) groups is 1. The van der Waals surface area contributed by atoms with Crippen LogP contribution in [0.2, 0.25) is 0 Å². The van der Waals surface area contributed by atoms with Gasteiger partial charge >= 0.3 is 0 Å². The first-order valence-electron chi connectivity index (χ1n) is 5.83. The summed E-state index contributed by atoms with van der Waals surface area (Å²) in [4.78, 5) is 13.5. The van der Waals surface area contributed by atoms with E-state index in [1.165, 1.54) is 5.56 Å². The largest absolute Gasteiger partial charge is 0.314 e. The third kappa shape index (κ3) is 1.95. The van der Waals surface area contributed by atoms with Crippen LogP contribution in [0, 0.1) is 0 Å². The molecular formula is C13H18N2O. The van der Waals surface area contributed by atoms with E-state index < -0.39 is 0 Å². The molecule has 0 radical (unpaired) electrons. The smallest absolute Gasteiger partial charge is 0.240 e. The summed E-state index contributed by atoms with van der Waals surface area (Å²) in [6, 6.07) is 8.44. The van der Waals surface area contributed by atoms with Crippen molar-refractivity contribution in [3.63, 3.8) is 0 Å². The first-order chi connectivity index (χ1) is 7.74. The summed E-state index contributed by atoms with van der Waals surface area (Å²) in [5, 5.41) is 3.33. The standard InChI is InChI=1S/C13H18N2O/c1-3-6-11-10-7-4-5-8-12(10)15(2)13(16)9-14-11/h4-5,7-8,11,14H,3,6,9H2,1-2H3. The highest BCUT2D eigenvalue weighted by Crippen LogP contribution is 2.30. The van der Waals surface area contributed by atoms with Crippen LogP contribution in [0.25, 0.3) is 0 Å². The summed E-state index contributed by atoms with van der Waals surface area (Å²) in [7, 11) is 1.84. The zero-order chi connectivity index (χ0) is 11.5. The Kier molecular flexibility index (Phi) is 3.25. The molecule has 86 valence electrons. The van der Waals surface area contributed by atoms with E-state index in [2.05, 4.69) is 18.3 Å². The maximum absolute atomic E-state index is 11.8. The average Bonchev–Trinajstić information content (AvgIpc) is 2.43. The van der Waals surface area contributed by atoms with E-state index in [1.54, 1.807) is 4.90 Å².